The lowest BCUT2D eigenvalue weighted by atomic mass is 10.2. The minimum atomic E-state index is -0.0701. The fourth-order valence-corrected chi connectivity index (χ4v) is 3.67. The maximum absolute atomic E-state index is 6.53. The van der Waals surface area contributed by atoms with Gasteiger partial charge < -0.3 is 4.90 Å². The molecule has 0 spiro atoms. The molecule has 0 N–H and O–H groups in total. The van der Waals surface area contributed by atoms with Gasteiger partial charge in [-0.3, -0.25) is 0 Å². The normalized spacial score (nSPS) is 14.8. The monoisotopic (exact) mass is 309 g/mol. The van der Waals surface area contributed by atoms with Gasteiger partial charge in [-0.25, -0.2) is 0 Å². The lowest BCUT2D eigenvalue weighted by Crippen LogP contribution is -2.28. The third-order valence-corrected chi connectivity index (χ3v) is 5.01. The Morgan fingerprint density at radius 2 is 1.84 bits per heavy atom. The van der Waals surface area contributed by atoms with Gasteiger partial charge in [-0.15, -0.1) is 0 Å². The summed E-state index contributed by atoms with van der Waals surface area (Å²) >= 11 is 14.4. The average molecular weight is 310 g/mol. The molecule has 2 aromatic carbocycles. The second-order valence-corrected chi connectivity index (χ2v) is 6.42. The molecule has 4 heteroatoms. The van der Waals surface area contributed by atoms with Crippen molar-refractivity contribution in [1.29, 1.82) is 0 Å². The molecule has 1 nitrogen and oxygen atoms in total. The number of alkyl halides is 1. The van der Waals surface area contributed by atoms with Gasteiger partial charge in [0.2, 0.25) is 0 Å². The molecule has 0 aromatic heterocycles. The Bertz CT molecular complexity index is 615. The van der Waals surface area contributed by atoms with Crippen LogP contribution < -0.4 is 4.90 Å². The van der Waals surface area contributed by atoms with Crippen LogP contribution >= 0.6 is 35.0 Å². The minimum Gasteiger partial charge on any atom is -0.322 e. The molecule has 1 heterocycles. The van der Waals surface area contributed by atoms with Crippen molar-refractivity contribution < 1.29 is 0 Å². The van der Waals surface area contributed by atoms with Crippen molar-refractivity contribution in [3.05, 3.63) is 47.5 Å². The van der Waals surface area contributed by atoms with Crippen molar-refractivity contribution >= 4 is 46.3 Å². The van der Waals surface area contributed by atoms with Crippen LogP contribution in [-0.4, -0.2) is 5.50 Å². The standard InChI is InChI=1S/C15H13Cl2NS/c1-2-15(17)18-11-5-3-4-6-13(11)19-14-8-7-10(16)9-12(14)18/h3-9,15H,2H2,1H3. The number of nitrogens with zero attached hydrogens (tertiary/aromatic N) is 1. The molecular formula is C15H13Cl2NS. The average Bonchev–Trinajstić information content (AvgIpc) is 2.44. The van der Waals surface area contributed by atoms with Crippen molar-refractivity contribution in [1.82, 2.24) is 0 Å². The first kappa shape index (κ1) is 13.2. The fraction of sp³-hybridized carbons (Fsp3) is 0.200. The summed E-state index contributed by atoms with van der Waals surface area (Å²) in [4.78, 5) is 4.60. The maximum Gasteiger partial charge on any atom is 0.108 e. The fourth-order valence-electron chi connectivity index (χ4n) is 2.24. The van der Waals surface area contributed by atoms with Crippen LogP contribution in [0.2, 0.25) is 5.02 Å². The molecule has 0 aliphatic carbocycles. The summed E-state index contributed by atoms with van der Waals surface area (Å²) in [7, 11) is 0. The van der Waals surface area contributed by atoms with Crippen LogP contribution in [-0.2, 0) is 0 Å². The first-order chi connectivity index (χ1) is 9.20. The molecule has 1 unspecified atom stereocenters. The highest BCUT2D eigenvalue weighted by atomic mass is 35.5. The van der Waals surface area contributed by atoms with Crippen molar-refractivity contribution in [2.75, 3.05) is 4.90 Å². The van der Waals surface area contributed by atoms with Crippen LogP contribution in [0.5, 0.6) is 0 Å². The van der Waals surface area contributed by atoms with Crippen molar-refractivity contribution in [2.45, 2.75) is 28.6 Å². The summed E-state index contributed by atoms with van der Waals surface area (Å²) in [6.45, 7) is 2.09. The number of halogens is 2. The summed E-state index contributed by atoms with van der Waals surface area (Å²) in [5.74, 6) is 0. The smallest absolute Gasteiger partial charge is 0.108 e. The van der Waals surface area contributed by atoms with Gasteiger partial charge in [0, 0.05) is 14.8 Å². The highest BCUT2D eigenvalue weighted by Crippen LogP contribution is 2.50. The Labute approximate surface area is 127 Å². The lowest BCUT2D eigenvalue weighted by molar-refractivity contribution is 0.802. The molecule has 0 saturated heterocycles. The maximum atomic E-state index is 6.53. The lowest BCUT2D eigenvalue weighted by Gasteiger charge is -2.35. The first-order valence-electron chi connectivity index (χ1n) is 6.20. The number of rotatable bonds is 2. The molecule has 0 radical (unpaired) electrons. The molecule has 1 aliphatic heterocycles. The van der Waals surface area contributed by atoms with Gasteiger partial charge in [0.25, 0.3) is 0 Å². The number of benzene rings is 2. The molecule has 0 saturated carbocycles. The van der Waals surface area contributed by atoms with Crippen LogP contribution in [0, 0.1) is 0 Å². The minimum absolute atomic E-state index is 0.0701. The van der Waals surface area contributed by atoms with E-state index < -0.39 is 0 Å². The Hall–Kier alpha value is -0.830. The quantitative estimate of drug-likeness (QED) is 0.500. The van der Waals surface area contributed by atoms with Gasteiger partial charge in [0.1, 0.15) is 5.50 Å². The predicted octanol–water partition coefficient (Wildman–Crippen LogP) is 5.92. The Kier molecular flexibility index (Phi) is 3.66. The number of hydrogen-bond donors (Lipinski definition) is 0. The molecule has 98 valence electrons. The van der Waals surface area contributed by atoms with Gasteiger partial charge in [-0.05, 0) is 36.8 Å². The van der Waals surface area contributed by atoms with Crippen molar-refractivity contribution in [3.8, 4) is 0 Å². The molecule has 0 fully saturated rings. The van der Waals surface area contributed by atoms with Crippen molar-refractivity contribution in [3.63, 3.8) is 0 Å². The van der Waals surface area contributed by atoms with E-state index in [1.54, 1.807) is 11.8 Å². The SMILES string of the molecule is CCC(Cl)N1c2ccccc2Sc2ccc(Cl)cc21. The summed E-state index contributed by atoms with van der Waals surface area (Å²) < 4.78 is 0. The number of fused-ring (bicyclic) bond motifs is 2. The van der Waals surface area contributed by atoms with E-state index in [2.05, 4.69) is 36.1 Å². The highest BCUT2D eigenvalue weighted by molar-refractivity contribution is 7.99. The van der Waals surface area contributed by atoms with Gasteiger partial charge in [0.15, 0.2) is 0 Å². The molecule has 1 aliphatic rings. The third kappa shape index (κ3) is 2.33. The summed E-state index contributed by atoms with van der Waals surface area (Å²) in [5.41, 5.74) is 2.18. The van der Waals surface area contributed by atoms with Crippen LogP contribution in [0.25, 0.3) is 0 Å². The van der Waals surface area contributed by atoms with Gasteiger partial charge in [-0.1, -0.05) is 54.0 Å². The summed E-state index contributed by atoms with van der Waals surface area (Å²) in [6, 6.07) is 14.3. The van der Waals surface area contributed by atoms with Gasteiger partial charge >= 0.3 is 0 Å². The summed E-state index contributed by atoms with van der Waals surface area (Å²) in [6.07, 6.45) is 0.868. The largest absolute Gasteiger partial charge is 0.322 e. The van der Waals surface area contributed by atoms with E-state index in [9.17, 15) is 0 Å². The number of anilines is 2. The molecule has 1 atom stereocenters. The van der Waals surface area contributed by atoms with Gasteiger partial charge in [-0.2, -0.15) is 0 Å². The molecular weight excluding hydrogens is 297 g/mol. The Morgan fingerprint density at radius 3 is 2.63 bits per heavy atom. The van der Waals surface area contributed by atoms with E-state index in [0.717, 1.165) is 22.8 Å². The number of hydrogen-bond acceptors (Lipinski definition) is 2. The van der Waals surface area contributed by atoms with E-state index in [1.807, 2.05) is 18.2 Å². The molecule has 0 amide bonds. The molecule has 3 rings (SSSR count). The van der Waals surface area contributed by atoms with Crippen molar-refractivity contribution in [2.24, 2.45) is 0 Å². The topological polar surface area (TPSA) is 3.24 Å². The molecule has 2 aromatic rings. The zero-order chi connectivity index (χ0) is 13.4. The predicted molar refractivity (Wildman–Crippen MR) is 84.1 cm³/mol. The highest BCUT2D eigenvalue weighted by Gasteiger charge is 2.27. The second kappa shape index (κ2) is 5.28. The zero-order valence-electron chi connectivity index (χ0n) is 10.4. The van der Waals surface area contributed by atoms with E-state index in [-0.39, 0.29) is 5.50 Å². The van der Waals surface area contributed by atoms with Crippen LogP contribution in [0.4, 0.5) is 11.4 Å². The number of para-hydroxylation sites is 1. The van der Waals surface area contributed by atoms with E-state index >= 15 is 0 Å². The van der Waals surface area contributed by atoms with Crippen LogP contribution in [0.1, 0.15) is 13.3 Å². The van der Waals surface area contributed by atoms with E-state index in [1.165, 1.54) is 9.79 Å². The molecule has 0 bridgehead atoms. The first-order valence-corrected chi connectivity index (χ1v) is 7.83. The second-order valence-electron chi connectivity index (χ2n) is 4.39. The zero-order valence-corrected chi connectivity index (χ0v) is 12.8. The van der Waals surface area contributed by atoms with Crippen LogP contribution in [0.3, 0.4) is 0 Å². The molecule has 19 heavy (non-hydrogen) atoms. The van der Waals surface area contributed by atoms with Gasteiger partial charge in [0.05, 0.1) is 11.4 Å². The van der Waals surface area contributed by atoms with E-state index in [4.69, 9.17) is 23.2 Å². The van der Waals surface area contributed by atoms with Crippen LogP contribution in [0.15, 0.2) is 52.3 Å². The van der Waals surface area contributed by atoms with E-state index in [0.29, 0.717) is 0 Å². The Morgan fingerprint density at radius 1 is 1.11 bits per heavy atom. The Balaban J connectivity index is 2.19. The third-order valence-electron chi connectivity index (χ3n) is 3.14. The summed E-state index contributed by atoms with van der Waals surface area (Å²) in [5, 5.41) is 0.740.